The molecule has 0 spiro atoms. The number of nitrogens with one attached hydrogen (secondary N) is 2. The van der Waals surface area contributed by atoms with Gasteiger partial charge in [0.1, 0.15) is 11.4 Å². The second-order valence-corrected chi connectivity index (χ2v) is 8.62. The lowest BCUT2D eigenvalue weighted by molar-refractivity contribution is -0.895. The first-order valence-electron chi connectivity index (χ1n) is 9.00. The molecule has 1 aliphatic rings. The summed E-state index contributed by atoms with van der Waals surface area (Å²) in [6.45, 7) is 3.92. The van der Waals surface area contributed by atoms with E-state index < -0.39 is 6.10 Å². The summed E-state index contributed by atoms with van der Waals surface area (Å²) in [5.41, 5.74) is 1.71. The van der Waals surface area contributed by atoms with E-state index in [4.69, 9.17) is 16.6 Å². The van der Waals surface area contributed by atoms with E-state index in [9.17, 15) is 9.90 Å². The number of aliphatic hydroxyl groups is 1. The van der Waals surface area contributed by atoms with Crippen molar-refractivity contribution in [3.05, 3.63) is 50.1 Å². The van der Waals surface area contributed by atoms with Gasteiger partial charge in [0.15, 0.2) is 0 Å². The molecule has 0 radical (unpaired) electrons. The first-order chi connectivity index (χ1) is 12.9. The summed E-state index contributed by atoms with van der Waals surface area (Å²) in [7, 11) is 2.17. The van der Waals surface area contributed by atoms with Crippen LogP contribution in [0.4, 0.5) is 5.95 Å². The molecule has 0 aliphatic carbocycles. The van der Waals surface area contributed by atoms with Gasteiger partial charge in [0.2, 0.25) is 5.95 Å². The Morgan fingerprint density at radius 2 is 2.30 bits per heavy atom. The molecule has 142 valence electrons. The Kier molecular flexibility index (Phi) is 4.94. The third-order valence-electron chi connectivity index (χ3n) is 4.79. The van der Waals surface area contributed by atoms with Gasteiger partial charge in [0.25, 0.3) is 5.56 Å². The summed E-state index contributed by atoms with van der Waals surface area (Å²) in [5.74, 6) is 0.426. The second kappa shape index (κ2) is 7.24. The maximum absolute atomic E-state index is 13.5. The van der Waals surface area contributed by atoms with Crippen molar-refractivity contribution >= 4 is 39.1 Å². The monoisotopic (exact) mass is 405 g/mol. The molecule has 1 aliphatic heterocycles. The maximum Gasteiger partial charge on any atom is 0.268 e. The minimum absolute atomic E-state index is 0.0904. The summed E-state index contributed by atoms with van der Waals surface area (Å²) < 4.78 is 1.56. The van der Waals surface area contributed by atoms with Crippen LogP contribution in [-0.2, 0) is 13.0 Å². The van der Waals surface area contributed by atoms with Gasteiger partial charge in [0.05, 0.1) is 35.6 Å². The highest BCUT2D eigenvalue weighted by atomic mass is 35.5. The molecular formula is C19H22ClN4O2S+. The van der Waals surface area contributed by atoms with Crippen LogP contribution in [0.2, 0.25) is 5.02 Å². The van der Waals surface area contributed by atoms with E-state index >= 15 is 0 Å². The Morgan fingerprint density at radius 1 is 1.48 bits per heavy atom. The van der Waals surface area contributed by atoms with Crippen LogP contribution < -0.4 is 15.8 Å². The summed E-state index contributed by atoms with van der Waals surface area (Å²) in [5, 5.41) is 14.0. The van der Waals surface area contributed by atoms with Gasteiger partial charge in [-0.2, -0.15) is 0 Å². The average Bonchev–Trinajstić information content (AvgIpc) is 2.97. The van der Waals surface area contributed by atoms with Crippen molar-refractivity contribution in [2.45, 2.75) is 26.0 Å². The van der Waals surface area contributed by atoms with Crippen molar-refractivity contribution in [1.82, 2.24) is 9.55 Å². The van der Waals surface area contributed by atoms with Gasteiger partial charge in [-0.25, -0.2) is 9.55 Å². The van der Waals surface area contributed by atoms with Crippen LogP contribution in [0, 0.1) is 0 Å². The number of likely N-dealkylation sites (N-methyl/N-ethyl adjacent to an activating group) is 1. The first kappa shape index (κ1) is 18.4. The Hall–Kier alpha value is -1.93. The van der Waals surface area contributed by atoms with Crippen molar-refractivity contribution < 1.29 is 10.0 Å². The Bertz CT molecular complexity index is 1060. The number of rotatable bonds is 4. The summed E-state index contributed by atoms with van der Waals surface area (Å²) in [6.07, 6.45) is 0.327. The molecule has 1 unspecified atom stereocenters. The fraction of sp³-hybridized carbons (Fsp3) is 0.368. The average molecular weight is 406 g/mol. The van der Waals surface area contributed by atoms with Gasteiger partial charge >= 0.3 is 0 Å². The maximum atomic E-state index is 13.5. The minimum Gasteiger partial charge on any atom is -0.392 e. The summed E-state index contributed by atoms with van der Waals surface area (Å²) in [4.78, 5) is 21.7. The van der Waals surface area contributed by atoms with Crippen molar-refractivity contribution in [1.29, 1.82) is 0 Å². The van der Waals surface area contributed by atoms with Crippen molar-refractivity contribution in [2.75, 3.05) is 25.5 Å². The number of benzene rings is 1. The number of hydrogen-bond donors (Lipinski definition) is 3. The summed E-state index contributed by atoms with van der Waals surface area (Å²) in [6, 6.07) is 7.18. The zero-order valence-electron chi connectivity index (χ0n) is 15.3. The number of nitrogens with zero attached hydrogens (tertiary/aromatic N) is 2. The molecule has 0 fully saturated rings. The molecule has 27 heavy (non-hydrogen) atoms. The Morgan fingerprint density at radius 3 is 3.04 bits per heavy atom. The topological polar surface area (TPSA) is 71.6 Å². The molecule has 3 aromatic rings. The number of halogens is 1. The minimum atomic E-state index is -0.556. The van der Waals surface area contributed by atoms with Gasteiger partial charge in [0, 0.05) is 18.0 Å². The van der Waals surface area contributed by atoms with Crippen LogP contribution >= 0.6 is 22.9 Å². The first-order valence-corrected chi connectivity index (χ1v) is 10.2. The quantitative estimate of drug-likeness (QED) is 0.614. The van der Waals surface area contributed by atoms with Crippen LogP contribution in [0.15, 0.2) is 29.1 Å². The fourth-order valence-corrected chi connectivity index (χ4v) is 4.98. The number of hydrogen-bond acceptors (Lipinski definition) is 5. The van der Waals surface area contributed by atoms with Crippen LogP contribution in [0.25, 0.3) is 15.9 Å². The summed E-state index contributed by atoms with van der Waals surface area (Å²) >= 11 is 7.76. The largest absolute Gasteiger partial charge is 0.392 e. The van der Waals surface area contributed by atoms with Crippen molar-refractivity contribution in [3.8, 4) is 5.69 Å². The van der Waals surface area contributed by atoms with E-state index in [1.54, 1.807) is 35.0 Å². The number of fused-ring (bicyclic) bond motifs is 3. The molecule has 0 saturated heterocycles. The normalized spacial score (nSPS) is 17.7. The van der Waals surface area contributed by atoms with Gasteiger partial charge in [-0.1, -0.05) is 17.7 Å². The van der Waals surface area contributed by atoms with Gasteiger partial charge in [-0.05, 0) is 30.7 Å². The van der Waals surface area contributed by atoms with E-state index in [1.807, 2.05) is 12.1 Å². The van der Waals surface area contributed by atoms with Crippen molar-refractivity contribution in [3.63, 3.8) is 0 Å². The second-order valence-electron chi connectivity index (χ2n) is 7.10. The predicted molar refractivity (Wildman–Crippen MR) is 110 cm³/mol. The predicted octanol–water partition coefficient (Wildman–Crippen LogP) is 1.46. The molecule has 3 N–H and O–H groups in total. The fourth-order valence-electron chi connectivity index (χ4n) is 3.47. The van der Waals surface area contributed by atoms with Gasteiger partial charge in [-0.3, -0.25) is 4.79 Å². The molecule has 1 aromatic carbocycles. The van der Waals surface area contributed by atoms with Gasteiger partial charge < -0.3 is 15.3 Å². The van der Waals surface area contributed by atoms with E-state index in [2.05, 4.69) is 12.4 Å². The van der Waals surface area contributed by atoms with Crippen LogP contribution in [0.1, 0.15) is 17.4 Å². The lowest BCUT2D eigenvalue weighted by atomic mass is 10.1. The Labute approximate surface area is 166 Å². The van der Waals surface area contributed by atoms with Crippen LogP contribution in [0.5, 0.6) is 0 Å². The molecular weight excluding hydrogens is 384 g/mol. The third-order valence-corrected chi connectivity index (χ3v) is 6.16. The number of anilines is 1. The number of quaternary nitrogens is 1. The highest BCUT2D eigenvalue weighted by Crippen LogP contribution is 2.31. The molecule has 3 heterocycles. The van der Waals surface area contributed by atoms with Crippen LogP contribution in [0.3, 0.4) is 0 Å². The molecule has 6 nitrogen and oxygen atoms in total. The molecule has 0 amide bonds. The standard InChI is InChI=1S/C19H21ClN4O2S/c1-11(25)9-21-19-22-17-16(14-6-7-23(2)10-15(14)27-17)18(26)24(19)13-5-3-4-12(20)8-13/h3-5,8,11,25H,6-7,9-10H2,1-2H3,(H,21,22)/p+1/t11-/m0/s1. The molecule has 8 heteroatoms. The van der Waals surface area contributed by atoms with E-state index in [-0.39, 0.29) is 5.56 Å². The van der Waals surface area contributed by atoms with Crippen LogP contribution in [-0.4, -0.2) is 40.9 Å². The third kappa shape index (κ3) is 3.48. The smallest absolute Gasteiger partial charge is 0.268 e. The number of aliphatic hydroxyl groups excluding tert-OH is 1. The van der Waals surface area contributed by atoms with E-state index in [0.29, 0.717) is 28.6 Å². The molecule has 2 atom stereocenters. The van der Waals surface area contributed by atoms with Crippen molar-refractivity contribution in [2.24, 2.45) is 0 Å². The molecule has 0 bridgehead atoms. The molecule has 2 aromatic heterocycles. The number of thiophene rings is 1. The lowest BCUT2D eigenvalue weighted by Crippen LogP contribution is -3.08. The Balaban J connectivity index is 1.96. The zero-order chi connectivity index (χ0) is 19.1. The molecule has 4 rings (SSSR count). The molecule has 0 saturated carbocycles. The highest BCUT2D eigenvalue weighted by Gasteiger charge is 2.26. The zero-order valence-corrected chi connectivity index (χ0v) is 16.8. The number of aromatic nitrogens is 2. The SMILES string of the molecule is C[C@H](O)CNc1nc2sc3c(c2c(=O)n1-c1cccc(Cl)c1)CC[NH+](C)C3. The van der Waals surface area contributed by atoms with E-state index in [1.165, 1.54) is 9.78 Å². The highest BCUT2D eigenvalue weighted by molar-refractivity contribution is 7.18. The van der Waals surface area contributed by atoms with Gasteiger partial charge in [-0.15, -0.1) is 11.3 Å². The van der Waals surface area contributed by atoms with E-state index in [0.717, 1.165) is 29.9 Å². The lowest BCUT2D eigenvalue weighted by Gasteiger charge is -2.19.